The molecule has 4 heteroatoms. The SMILES string of the molecule is N#C/C=C/C(=O)O.c1ccc2ccccc2c1.c1ccsc1. The Labute approximate surface area is 133 Å². The predicted molar refractivity (Wildman–Crippen MR) is 90.7 cm³/mol. The van der Waals surface area contributed by atoms with E-state index in [0.29, 0.717) is 0 Å². The maximum atomic E-state index is 9.52. The summed E-state index contributed by atoms with van der Waals surface area (Å²) in [5.41, 5.74) is 0. The molecule has 1 N–H and O–H groups in total. The number of allylic oxidation sites excluding steroid dienone is 1. The molecule has 2 aromatic carbocycles. The van der Waals surface area contributed by atoms with Gasteiger partial charge in [0.15, 0.2) is 0 Å². The molecule has 1 heterocycles. The third-order valence-corrected chi connectivity index (χ3v) is 3.01. The van der Waals surface area contributed by atoms with Crippen LogP contribution in [0, 0.1) is 11.3 Å². The molecule has 1 aromatic heterocycles. The largest absolute Gasteiger partial charge is 0.478 e. The standard InChI is InChI=1S/C10H8.C4H3NO2.C4H4S/c1-2-6-10-8-4-3-7-9(10)5-1;5-3-1-2-4(6)7;1-2-4-5-3-1/h1-8H;1-2H,(H,6,7);1-4H/b;2-1+;. The third kappa shape index (κ3) is 7.63. The van der Waals surface area contributed by atoms with E-state index >= 15 is 0 Å². The average Bonchev–Trinajstić information content (AvgIpc) is 3.13. The summed E-state index contributed by atoms with van der Waals surface area (Å²) in [6, 6.07) is 22.3. The number of thiophene rings is 1. The van der Waals surface area contributed by atoms with Crippen LogP contribution in [0.2, 0.25) is 0 Å². The molecule has 0 radical (unpaired) electrons. The second kappa shape index (κ2) is 10.8. The highest BCUT2D eigenvalue weighted by Crippen LogP contribution is 2.11. The molecular weight excluding hydrogens is 294 g/mol. The smallest absolute Gasteiger partial charge is 0.329 e. The first-order chi connectivity index (χ1) is 10.7. The second-order valence-corrected chi connectivity index (χ2v) is 4.76. The van der Waals surface area contributed by atoms with Gasteiger partial charge in [0, 0.05) is 12.2 Å². The van der Waals surface area contributed by atoms with Crippen molar-refractivity contribution in [1.82, 2.24) is 0 Å². The van der Waals surface area contributed by atoms with Crippen LogP contribution < -0.4 is 0 Å². The van der Waals surface area contributed by atoms with Gasteiger partial charge in [-0.1, -0.05) is 60.7 Å². The maximum Gasteiger partial charge on any atom is 0.329 e. The Hall–Kier alpha value is -2.90. The second-order valence-electron chi connectivity index (χ2n) is 3.94. The molecule has 0 aliphatic carbocycles. The number of nitriles is 1. The topological polar surface area (TPSA) is 61.1 Å². The van der Waals surface area contributed by atoms with Crippen molar-refractivity contribution in [1.29, 1.82) is 5.26 Å². The lowest BCUT2D eigenvalue weighted by atomic mass is 10.1. The molecule has 0 amide bonds. The molecular formula is C18H15NO2S. The van der Waals surface area contributed by atoms with Gasteiger partial charge in [0.05, 0.1) is 6.07 Å². The van der Waals surface area contributed by atoms with E-state index in [-0.39, 0.29) is 0 Å². The summed E-state index contributed by atoms with van der Waals surface area (Å²) in [6.07, 6.45) is 1.68. The van der Waals surface area contributed by atoms with E-state index in [2.05, 4.69) is 48.5 Å². The summed E-state index contributed by atoms with van der Waals surface area (Å²) < 4.78 is 0. The van der Waals surface area contributed by atoms with Gasteiger partial charge in [-0.05, 0) is 21.5 Å². The molecule has 22 heavy (non-hydrogen) atoms. The van der Waals surface area contributed by atoms with Gasteiger partial charge in [-0.2, -0.15) is 16.6 Å². The molecule has 0 spiro atoms. The highest BCUT2D eigenvalue weighted by molar-refractivity contribution is 7.07. The number of aliphatic carboxylic acids is 1. The molecule has 0 atom stereocenters. The quantitative estimate of drug-likeness (QED) is 0.522. The van der Waals surface area contributed by atoms with Gasteiger partial charge in [0.2, 0.25) is 0 Å². The molecule has 3 nitrogen and oxygen atoms in total. The Morgan fingerprint density at radius 3 is 1.64 bits per heavy atom. The van der Waals surface area contributed by atoms with Crippen molar-refractivity contribution in [2.24, 2.45) is 0 Å². The molecule has 0 unspecified atom stereocenters. The number of hydrogen-bond donors (Lipinski definition) is 1. The number of carbonyl (C=O) groups is 1. The van der Waals surface area contributed by atoms with E-state index in [1.165, 1.54) is 16.8 Å². The molecule has 110 valence electrons. The molecule has 3 rings (SSSR count). The Kier molecular flexibility index (Phi) is 8.45. The Balaban J connectivity index is 0.000000177. The summed E-state index contributed by atoms with van der Waals surface area (Å²) in [6.45, 7) is 0. The van der Waals surface area contributed by atoms with Crippen molar-refractivity contribution in [3.8, 4) is 6.07 Å². The van der Waals surface area contributed by atoms with E-state index < -0.39 is 5.97 Å². The lowest BCUT2D eigenvalue weighted by Crippen LogP contribution is -1.83. The molecule has 3 aromatic rings. The normalized spacial score (nSPS) is 9.05. The monoisotopic (exact) mass is 309 g/mol. The van der Waals surface area contributed by atoms with Gasteiger partial charge < -0.3 is 5.11 Å². The van der Waals surface area contributed by atoms with Crippen LogP contribution in [0.5, 0.6) is 0 Å². The number of carboxylic acids is 1. The van der Waals surface area contributed by atoms with Crippen LogP contribution in [-0.2, 0) is 4.79 Å². The van der Waals surface area contributed by atoms with Crippen LogP contribution in [0.25, 0.3) is 10.8 Å². The number of carboxylic acid groups (broad SMARTS) is 1. The highest BCUT2D eigenvalue weighted by atomic mass is 32.1. The summed E-state index contributed by atoms with van der Waals surface area (Å²) in [7, 11) is 0. The minimum absolute atomic E-state index is 0.778. The molecule has 0 saturated heterocycles. The van der Waals surface area contributed by atoms with Gasteiger partial charge in [-0.3, -0.25) is 0 Å². The third-order valence-electron chi connectivity index (χ3n) is 2.38. The number of benzene rings is 2. The van der Waals surface area contributed by atoms with Crippen LogP contribution >= 0.6 is 11.3 Å². The fraction of sp³-hybridized carbons (Fsp3) is 0. The zero-order chi connectivity index (χ0) is 16.0. The van der Waals surface area contributed by atoms with Gasteiger partial charge in [-0.25, -0.2) is 4.79 Å². The van der Waals surface area contributed by atoms with E-state index in [1.807, 2.05) is 22.9 Å². The minimum atomic E-state index is -1.10. The lowest BCUT2D eigenvalue weighted by molar-refractivity contribution is -0.131. The van der Waals surface area contributed by atoms with Crippen LogP contribution in [0.4, 0.5) is 0 Å². The fourth-order valence-corrected chi connectivity index (χ4v) is 1.92. The minimum Gasteiger partial charge on any atom is -0.478 e. The van der Waals surface area contributed by atoms with Gasteiger partial charge in [0.25, 0.3) is 0 Å². The van der Waals surface area contributed by atoms with E-state index in [1.54, 1.807) is 11.3 Å². The summed E-state index contributed by atoms with van der Waals surface area (Å²) in [5, 5.41) is 22.2. The lowest BCUT2D eigenvalue weighted by Gasteiger charge is -1.92. The first kappa shape index (κ1) is 17.2. The van der Waals surface area contributed by atoms with Crippen molar-refractivity contribution in [2.75, 3.05) is 0 Å². The molecule has 0 aliphatic heterocycles. The van der Waals surface area contributed by atoms with Crippen molar-refractivity contribution in [2.45, 2.75) is 0 Å². The molecule has 0 aliphatic rings. The first-order valence-corrected chi connectivity index (χ1v) is 7.38. The highest BCUT2D eigenvalue weighted by Gasteiger charge is 1.85. The zero-order valence-corrected chi connectivity index (χ0v) is 12.6. The number of hydrogen-bond acceptors (Lipinski definition) is 3. The molecule has 0 fully saturated rings. The number of rotatable bonds is 1. The first-order valence-electron chi connectivity index (χ1n) is 6.44. The van der Waals surface area contributed by atoms with Crippen LogP contribution in [0.1, 0.15) is 0 Å². The van der Waals surface area contributed by atoms with E-state index in [0.717, 1.165) is 12.2 Å². The van der Waals surface area contributed by atoms with E-state index in [4.69, 9.17) is 10.4 Å². The van der Waals surface area contributed by atoms with Gasteiger partial charge in [-0.15, -0.1) is 0 Å². The maximum absolute atomic E-state index is 9.52. The Morgan fingerprint density at radius 2 is 1.41 bits per heavy atom. The van der Waals surface area contributed by atoms with Crippen LogP contribution in [0.3, 0.4) is 0 Å². The molecule has 0 bridgehead atoms. The van der Waals surface area contributed by atoms with Crippen molar-refractivity contribution in [3.63, 3.8) is 0 Å². The van der Waals surface area contributed by atoms with Crippen molar-refractivity contribution in [3.05, 3.63) is 83.6 Å². The Bertz CT molecular complexity index is 660. The van der Waals surface area contributed by atoms with Crippen LogP contribution in [-0.4, -0.2) is 11.1 Å². The van der Waals surface area contributed by atoms with Gasteiger partial charge >= 0.3 is 5.97 Å². The number of nitrogens with zero attached hydrogens (tertiary/aromatic N) is 1. The average molecular weight is 309 g/mol. The fourth-order valence-electron chi connectivity index (χ4n) is 1.47. The van der Waals surface area contributed by atoms with Crippen LogP contribution in [0.15, 0.2) is 83.6 Å². The number of fused-ring (bicyclic) bond motifs is 1. The summed E-state index contributed by atoms with van der Waals surface area (Å²) >= 11 is 1.71. The van der Waals surface area contributed by atoms with Gasteiger partial charge in [0.1, 0.15) is 0 Å². The predicted octanol–water partition coefficient (Wildman–Crippen LogP) is 4.74. The summed E-state index contributed by atoms with van der Waals surface area (Å²) in [5.74, 6) is -1.10. The zero-order valence-electron chi connectivity index (χ0n) is 11.8. The Morgan fingerprint density at radius 1 is 0.955 bits per heavy atom. The summed E-state index contributed by atoms with van der Waals surface area (Å²) in [4.78, 5) is 9.52. The van der Waals surface area contributed by atoms with Crippen molar-refractivity contribution < 1.29 is 9.90 Å². The van der Waals surface area contributed by atoms with Crippen molar-refractivity contribution >= 4 is 28.1 Å². The molecule has 0 saturated carbocycles. The van der Waals surface area contributed by atoms with E-state index in [9.17, 15) is 4.79 Å².